The summed E-state index contributed by atoms with van der Waals surface area (Å²) in [5, 5.41) is 5.41. The normalized spacial score (nSPS) is 11.0. The Hall–Kier alpha value is -4.23. The maximum absolute atomic E-state index is 12.7. The van der Waals surface area contributed by atoms with E-state index in [0.29, 0.717) is 12.3 Å². The van der Waals surface area contributed by atoms with Crippen LogP contribution in [0.25, 0.3) is 6.08 Å². The number of hydrogen-bond acceptors (Lipinski definition) is 9. The van der Waals surface area contributed by atoms with Gasteiger partial charge in [0.15, 0.2) is 10.9 Å². The van der Waals surface area contributed by atoms with Crippen molar-refractivity contribution in [2.24, 2.45) is 0 Å². The van der Waals surface area contributed by atoms with Gasteiger partial charge in [-0.15, -0.1) is 0 Å². The summed E-state index contributed by atoms with van der Waals surface area (Å²) in [4.78, 5) is 20.0. The van der Waals surface area contributed by atoms with Gasteiger partial charge in [-0.3, -0.25) is 14.8 Å². The number of amides is 1. The summed E-state index contributed by atoms with van der Waals surface area (Å²) in [6.07, 6.45) is 2.99. The number of nitrogens with one attached hydrogen (secondary N) is 3. The predicted octanol–water partition coefficient (Wildman–Crippen LogP) is 3.22. The Labute approximate surface area is 219 Å². The molecule has 11 nitrogen and oxygen atoms in total. The average molecular weight is 544 g/mol. The Morgan fingerprint density at radius 2 is 1.73 bits per heavy atom. The molecule has 0 aliphatic heterocycles. The molecule has 0 radical (unpaired) electrons. The van der Waals surface area contributed by atoms with Crippen molar-refractivity contribution in [2.75, 3.05) is 30.9 Å². The number of carbonyl (C=O) groups excluding carboxylic acids is 1. The van der Waals surface area contributed by atoms with Crippen LogP contribution >= 0.6 is 12.2 Å². The summed E-state index contributed by atoms with van der Waals surface area (Å²) < 4.78 is 43.2. The van der Waals surface area contributed by atoms with E-state index in [9.17, 15) is 13.2 Å². The van der Waals surface area contributed by atoms with E-state index in [0.717, 1.165) is 11.3 Å². The van der Waals surface area contributed by atoms with Crippen LogP contribution in [0.4, 0.5) is 11.5 Å². The lowest BCUT2D eigenvalue weighted by Gasteiger charge is -2.11. The first kappa shape index (κ1) is 27.4. The van der Waals surface area contributed by atoms with Crippen molar-refractivity contribution >= 4 is 50.8 Å². The maximum atomic E-state index is 12.7. The fourth-order valence-corrected chi connectivity index (χ4v) is 4.11. The van der Waals surface area contributed by atoms with E-state index in [1.807, 2.05) is 31.2 Å². The SMILES string of the molecule is CCOc1ccc(/C=C/C(=O)NC(=S)Nc2ccc(S(=O)(=O)Nc3cc(OC)nc(OC)n3)cc2)cc1. The Balaban J connectivity index is 1.57. The van der Waals surface area contributed by atoms with E-state index in [1.165, 1.54) is 50.6 Å². The number of anilines is 2. The summed E-state index contributed by atoms with van der Waals surface area (Å²) in [6, 6.07) is 14.3. The lowest BCUT2D eigenvalue weighted by molar-refractivity contribution is -0.115. The third-order valence-corrected chi connectivity index (χ3v) is 6.17. The van der Waals surface area contributed by atoms with Crippen LogP contribution in [0.1, 0.15) is 12.5 Å². The number of rotatable bonds is 10. The molecule has 0 fully saturated rings. The molecule has 1 aromatic heterocycles. The molecule has 3 N–H and O–H groups in total. The standard InChI is InChI=1S/C24H25N5O6S2/c1-4-35-18-10-5-16(6-11-18)7-14-21(30)27-24(36)25-17-8-12-19(13-9-17)37(31,32)29-20-15-22(33-2)28-23(26-20)34-3/h5-15H,4H2,1-3H3,(H,26,28,29)(H2,25,27,30,36)/b14-7+. The second-order valence-corrected chi connectivity index (χ2v) is 9.28. The van der Waals surface area contributed by atoms with Crippen molar-refractivity contribution in [2.45, 2.75) is 11.8 Å². The highest BCUT2D eigenvalue weighted by atomic mass is 32.2. The van der Waals surface area contributed by atoms with Crippen molar-refractivity contribution in [1.29, 1.82) is 0 Å². The van der Waals surface area contributed by atoms with Crippen molar-refractivity contribution < 1.29 is 27.4 Å². The number of ether oxygens (including phenoxy) is 3. The lowest BCUT2D eigenvalue weighted by atomic mass is 10.2. The predicted molar refractivity (Wildman–Crippen MR) is 143 cm³/mol. The zero-order valence-corrected chi connectivity index (χ0v) is 21.9. The van der Waals surface area contributed by atoms with Gasteiger partial charge in [0.2, 0.25) is 11.8 Å². The minimum atomic E-state index is -3.97. The summed E-state index contributed by atoms with van der Waals surface area (Å²) in [5.41, 5.74) is 1.30. The first-order valence-electron chi connectivity index (χ1n) is 10.8. The average Bonchev–Trinajstić information content (AvgIpc) is 2.88. The van der Waals surface area contributed by atoms with Gasteiger partial charge >= 0.3 is 6.01 Å². The Kier molecular flexibility index (Phi) is 9.35. The number of benzene rings is 2. The van der Waals surface area contributed by atoms with Gasteiger partial charge in [-0.05, 0) is 67.2 Å². The Morgan fingerprint density at radius 3 is 2.35 bits per heavy atom. The van der Waals surface area contributed by atoms with Crippen LogP contribution in [0.15, 0.2) is 65.6 Å². The van der Waals surface area contributed by atoms with Crippen LogP contribution in [-0.4, -0.2) is 50.2 Å². The number of hydrogen-bond donors (Lipinski definition) is 3. The molecule has 0 saturated carbocycles. The zero-order chi connectivity index (χ0) is 26.8. The van der Waals surface area contributed by atoms with E-state index in [4.69, 9.17) is 26.4 Å². The van der Waals surface area contributed by atoms with Crippen molar-refractivity contribution in [1.82, 2.24) is 15.3 Å². The molecule has 1 amide bonds. The molecule has 1 heterocycles. The fraction of sp³-hybridized carbons (Fsp3) is 0.167. The molecule has 3 aromatic rings. The molecule has 0 saturated heterocycles. The van der Waals surface area contributed by atoms with Crippen LogP contribution < -0.4 is 29.6 Å². The van der Waals surface area contributed by atoms with Crippen LogP contribution in [0.5, 0.6) is 17.6 Å². The van der Waals surface area contributed by atoms with Gasteiger partial charge in [0, 0.05) is 17.8 Å². The smallest absolute Gasteiger partial charge is 0.321 e. The molecule has 0 bridgehead atoms. The maximum Gasteiger partial charge on any atom is 0.321 e. The second-order valence-electron chi connectivity index (χ2n) is 7.19. The van der Waals surface area contributed by atoms with Crippen LogP contribution in [0, 0.1) is 0 Å². The van der Waals surface area contributed by atoms with Gasteiger partial charge in [-0.1, -0.05) is 12.1 Å². The Bertz CT molecular complexity index is 1360. The molecule has 194 valence electrons. The van der Waals surface area contributed by atoms with E-state index >= 15 is 0 Å². The minimum absolute atomic E-state index is 0.0203. The molecular formula is C24H25N5O6S2. The first-order valence-corrected chi connectivity index (χ1v) is 12.7. The van der Waals surface area contributed by atoms with E-state index < -0.39 is 15.9 Å². The molecule has 0 aliphatic carbocycles. The summed E-state index contributed by atoms with van der Waals surface area (Å²) in [7, 11) is -1.23. The molecule has 3 rings (SSSR count). The third kappa shape index (κ3) is 8.15. The zero-order valence-electron chi connectivity index (χ0n) is 20.2. The largest absolute Gasteiger partial charge is 0.494 e. The molecule has 0 aliphatic rings. The van der Waals surface area contributed by atoms with Crippen LogP contribution in [0.3, 0.4) is 0 Å². The monoisotopic (exact) mass is 543 g/mol. The van der Waals surface area contributed by atoms with E-state index in [1.54, 1.807) is 6.08 Å². The molecule has 0 atom stereocenters. The molecule has 0 spiro atoms. The quantitative estimate of drug-likeness (QED) is 0.258. The number of nitrogens with zero attached hydrogens (tertiary/aromatic N) is 2. The Morgan fingerprint density at radius 1 is 1.03 bits per heavy atom. The number of thiocarbonyl (C=S) groups is 1. The fourth-order valence-electron chi connectivity index (χ4n) is 2.90. The highest BCUT2D eigenvalue weighted by Crippen LogP contribution is 2.21. The van der Waals surface area contributed by atoms with E-state index in [-0.39, 0.29) is 27.7 Å². The molecule has 2 aromatic carbocycles. The summed E-state index contributed by atoms with van der Waals surface area (Å²) in [6.45, 7) is 2.48. The van der Waals surface area contributed by atoms with Gasteiger partial charge in [-0.25, -0.2) is 8.42 Å². The third-order valence-electron chi connectivity index (χ3n) is 4.59. The molecular weight excluding hydrogens is 518 g/mol. The summed E-state index contributed by atoms with van der Waals surface area (Å²) >= 11 is 5.17. The van der Waals surface area contributed by atoms with Crippen molar-refractivity contribution in [3.8, 4) is 17.6 Å². The number of carbonyl (C=O) groups is 1. The summed E-state index contributed by atoms with van der Waals surface area (Å²) in [5.74, 6) is 0.436. The van der Waals surface area contributed by atoms with Crippen molar-refractivity contribution in [3.63, 3.8) is 0 Å². The van der Waals surface area contributed by atoms with Crippen LogP contribution in [0.2, 0.25) is 0 Å². The van der Waals surface area contributed by atoms with Gasteiger partial charge in [0.25, 0.3) is 10.0 Å². The van der Waals surface area contributed by atoms with Gasteiger partial charge in [0.1, 0.15) is 5.75 Å². The van der Waals surface area contributed by atoms with Crippen molar-refractivity contribution in [3.05, 3.63) is 66.2 Å². The second kappa shape index (κ2) is 12.6. The highest BCUT2D eigenvalue weighted by molar-refractivity contribution is 7.92. The number of methoxy groups -OCH3 is 2. The topological polar surface area (TPSA) is 141 Å². The molecule has 37 heavy (non-hydrogen) atoms. The minimum Gasteiger partial charge on any atom is -0.494 e. The first-order chi connectivity index (χ1) is 17.7. The van der Waals surface area contributed by atoms with Gasteiger partial charge in [0.05, 0.1) is 25.7 Å². The highest BCUT2D eigenvalue weighted by Gasteiger charge is 2.17. The lowest BCUT2D eigenvalue weighted by Crippen LogP contribution is -2.32. The number of sulfonamides is 1. The van der Waals surface area contributed by atoms with Gasteiger partial charge < -0.3 is 19.5 Å². The van der Waals surface area contributed by atoms with Gasteiger partial charge in [-0.2, -0.15) is 9.97 Å². The van der Waals surface area contributed by atoms with E-state index in [2.05, 4.69) is 25.3 Å². The molecule has 13 heteroatoms. The van der Waals surface area contributed by atoms with Crippen LogP contribution in [-0.2, 0) is 14.8 Å². The number of aromatic nitrogens is 2. The molecule has 0 unspecified atom stereocenters.